The van der Waals surface area contributed by atoms with Crippen LogP contribution in [0.3, 0.4) is 0 Å². The lowest BCUT2D eigenvalue weighted by atomic mass is 10.2. The Hall–Kier alpha value is -2.36. The van der Waals surface area contributed by atoms with E-state index >= 15 is 0 Å². The molecule has 2 heterocycles. The number of pyridine rings is 1. The van der Waals surface area contributed by atoms with E-state index in [1.54, 1.807) is 19.3 Å². The number of sulfonamides is 1. The number of amides is 1. The van der Waals surface area contributed by atoms with Gasteiger partial charge in [0.2, 0.25) is 16.4 Å². The average Bonchev–Trinajstić information content (AvgIpc) is 3.00. The normalized spacial score (nSPS) is 17.2. The third kappa shape index (κ3) is 4.73. The number of rotatable bonds is 8. The third-order valence-corrected chi connectivity index (χ3v) is 6.74. The number of allylic oxidation sites excluding steroid dienone is 1. The number of thioether (sulfide) groups is 1. The van der Waals surface area contributed by atoms with E-state index in [0.717, 1.165) is 22.3 Å². The van der Waals surface area contributed by atoms with Gasteiger partial charge in [-0.15, -0.1) is 0 Å². The zero-order chi connectivity index (χ0) is 20.1. The standard InChI is InChI=1S/C19H22N4O3S2/c1-15-18(21-14-24)23(28(2,25)26)19(27-15)22(12-16-7-4-3-5-8-16)13-17-9-6-10-20-11-17/h3-11,14,19H,12-13H2,1-2H3,(H,21,24). The summed E-state index contributed by atoms with van der Waals surface area (Å²) >= 11 is 1.41. The van der Waals surface area contributed by atoms with Gasteiger partial charge in [-0.3, -0.25) is 14.7 Å². The maximum Gasteiger partial charge on any atom is 0.235 e. The molecule has 1 N–H and O–H groups in total. The SMILES string of the molecule is CC1=C(NC=O)N(S(C)(=O)=O)C(N(Cc2ccccc2)Cc2cccnc2)S1. The van der Waals surface area contributed by atoms with Gasteiger partial charge in [-0.2, -0.15) is 0 Å². The largest absolute Gasteiger partial charge is 0.313 e. The molecule has 0 saturated heterocycles. The fourth-order valence-electron chi connectivity index (χ4n) is 3.06. The molecular weight excluding hydrogens is 396 g/mol. The highest BCUT2D eigenvalue weighted by atomic mass is 32.2. The highest BCUT2D eigenvalue weighted by Gasteiger charge is 2.40. The second-order valence-electron chi connectivity index (χ2n) is 6.42. The van der Waals surface area contributed by atoms with Crippen LogP contribution in [0.25, 0.3) is 0 Å². The molecule has 1 aliphatic rings. The van der Waals surface area contributed by atoms with Crippen molar-refractivity contribution in [2.75, 3.05) is 6.26 Å². The van der Waals surface area contributed by atoms with Crippen molar-refractivity contribution in [1.29, 1.82) is 0 Å². The topological polar surface area (TPSA) is 82.6 Å². The molecule has 0 bridgehead atoms. The first-order valence-electron chi connectivity index (χ1n) is 8.64. The van der Waals surface area contributed by atoms with Gasteiger partial charge in [0, 0.05) is 30.4 Å². The number of hydrogen-bond donors (Lipinski definition) is 1. The monoisotopic (exact) mass is 418 g/mol. The lowest BCUT2D eigenvalue weighted by Crippen LogP contribution is -2.47. The highest BCUT2D eigenvalue weighted by molar-refractivity contribution is 8.04. The van der Waals surface area contributed by atoms with Crippen molar-refractivity contribution in [2.24, 2.45) is 0 Å². The van der Waals surface area contributed by atoms with Gasteiger partial charge in [-0.05, 0) is 24.1 Å². The number of nitrogens with one attached hydrogen (secondary N) is 1. The van der Waals surface area contributed by atoms with Gasteiger partial charge in [0.1, 0.15) is 5.82 Å². The molecule has 2 aromatic rings. The molecule has 1 atom stereocenters. The van der Waals surface area contributed by atoms with Crippen molar-refractivity contribution >= 4 is 28.2 Å². The van der Waals surface area contributed by atoms with Crippen LogP contribution < -0.4 is 5.32 Å². The lowest BCUT2D eigenvalue weighted by Gasteiger charge is -2.35. The molecule has 1 unspecified atom stereocenters. The summed E-state index contributed by atoms with van der Waals surface area (Å²) in [5, 5.41) is 2.55. The van der Waals surface area contributed by atoms with Gasteiger partial charge >= 0.3 is 0 Å². The van der Waals surface area contributed by atoms with Crippen LogP contribution in [0.15, 0.2) is 65.6 Å². The van der Waals surface area contributed by atoms with Crippen LogP contribution in [0.4, 0.5) is 0 Å². The van der Waals surface area contributed by atoms with E-state index in [-0.39, 0.29) is 0 Å². The Balaban J connectivity index is 1.97. The van der Waals surface area contributed by atoms with Crippen molar-refractivity contribution in [3.63, 3.8) is 0 Å². The van der Waals surface area contributed by atoms with Gasteiger partial charge in [0.05, 0.1) is 6.26 Å². The predicted molar refractivity (Wildman–Crippen MR) is 110 cm³/mol. The Morgan fingerprint density at radius 2 is 1.86 bits per heavy atom. The summed E-state index contributed by atoms with van der Waals surface area (Å²) in [7, 11) is -3.61. The number of aromatic nitrogens is 1. The summed E-state index contributed by atoms with van der Waals surface area (Å²) in [5.41, 5.74) is 1.52. The van der Waals surface area contributed by atoms with Crippen LogP contribution in [0.5, 0.6) is 0 Å². The van der Waals surface area contributed by atoms with E-state index in [0.29, 0.717) is 25.3 Å². The average molecular weight is 419 g/mol. The molecule has 0 radical (unpaired) electrons. The maximum absolute atomic E-state index is 12.6. The second kappa shape index (κ2) is 8.76. The minimum atomic E-state index is -3.61. The van der Waals surface area contributed by atoms with E-state index in [1.165, 1.54) is 16.1 Å². The number of hydrogen-bond acceptors (Lipinski definition) is 6. The molecule has 28 heavy (non-hydrogen) atoms. The molecule has 0 fully saturated rings. The molecule has 1 aliphatic heterocycles. The number of carbonyl (C=O) groups excluding carboxylic acids is 1. The molecule has 1 aromatic heterocycles. The van der Waals surface area contributed by atoms with Crippen LogP contribution in [0, 0.1) is 0 Å². The van der Waals surface area contributed by atoms with Crippen LogP contribution in [0.2, 0.25) is 0 Å². The van der Waals surface area contributed by atoms with Crippen molar-refractivity contribution < 1.29 is 13.2 Å². The fraction of sp³-hybridized carbons (Fsp3) is 0.263. The first-order valence-corrected chi connectivity index (χ1v) is 11.4. The number of carbonyl (C=O) groups is 1. The van der Waals surface area contributed by atoms with Crippen molar-refractivity contribution in [3.8, 4) is 0 Å². The Kier molecular flexibility index (Phi) is 6.38. The summed E-state index contributed by atoms with van der Waals surface area (Å²) in [4.78, 5) is 18.0. The molecule has 0 spiro atoms. The highest BCUT2D eigenvalue weighted by Crippen LogP contribution is 2.41. The molecule has 0 saturated carbocycles. The molecule has 3 rings (SSSR count). The van der Waals surface area contributed by atoms with Gasteiger partial charge in [0.25, 0.3) is 0 Å². The Bertz CT molecular complexity index is 908. The summed E-state index contributed by atoms with van der Waals surface area (Å²) in [5.74, 6) is 0.303. The Morgan fingerprint density at radius 3 is 2.46 bits per heavy atom. The van der Waals surface area contributed by atoms with Crippen molar-refractivity contribution in [2.45, 2.75) is 25.5 Å². The molecule has 7 nitrogen and oxygen atoms in total. The number of nitrogens with zero attached hydrogens (tertiary/aromatic N) is 3. The molecular formula is C19H22N4O3S2. The molecule has 148 valence electrons. The van der Waals surface area contributed by atoms with Crippen LogP contribution in [0.1, 0.15) is 18.1 Å². The van der Waals surface area contributed by atoms with E-state index in [2.05, 4.69) is 15.2 Å². The van der Waals surface area contributed by atoms with Crippen LogP contribution in [-0.4, -0.2) is 40.8 Å². The quantitative estimate of drug-likeness (QED) is 0.663. The van der Waals surface area contributed by atoms with Crippen LogP contribution in [-0.2, 0) is 27.9 Å². The van der Waals surface area contributed by atoms with E-state index < -0.39 is 15.5 Å². The van der Waals surface area contributed by atoms with Gasteiger partial charge in [0.15, 0.2) is 5.50 Å². The van der Waals surface area contributed by atoms with E-state index in [1.807, 2.05) is 42.5 Å². The summed E-state index contributed by atoms with van der Waals surface area (Å²) in [6.07, 6.45) is 5.13. The second-order valence-corrected chi connectivity index (χ2v) is 9.55. The van der Waals surface area contributed by atoms with Gasteiger partial charge in [-0.25, -0.2) is 12.7 Å². The zero-order valence-corrected chi connectivity index (χ0v) is 17.3. The maximum atomic E-state index is 12.6. The third-order valence-electron chi connectivity index (χ3n) is 4.24. The van der Waals surface area contributed by atoms with Crippen LogP contribution >= 0.6 is 11.8 Å². The first kappa shape index (κ1) is 20.4. The smallest absolute Gasteiger partial charge is 0.235 e. The summed E-state index contributed by atoms with van der Waals surface area (Å²) in [6.45, 7) is 2.86. The van der Waals surface area contributed by atoms with Gasteiger partial charge in [-0.1, -0.05) is 48.2 Å². The molecule has 1 aromatic carbocycles. The molecule has 1 amide bonds. The predicted octanol–water partition coefficient (Wildman–Crippen LogP) is 2.31. The zero-order valence-electron chi connectivity index (χ0n) is 15.6. The Labute approximate surface area is 169 Å². The minimum absolute atomic E-state index is 0.303. The van der Waals surface area contributed by atoms with E-state index in [9.17, 15) is 13.2 Å². The van der Waals surface area contributed by atoms with E-state index in [4.69, 9.17) is 0 Å². The van der Waals surface area contributed by atoms with Crippen molar-refractivity contribution in [3.05, 3.63) is 76.7 Å². The Morgan fingerprint density at radius 1 is 1.18 bits per heavy atom. The molecule has 9 heteroatoms. The first-order chi connectivity index (χ1) is 13.4. The summed E-state index contributed by atoms with van der Waals surface area (Å²) < 4.78 is 26.4. The summed E-state index contributed by atoms with van der Waals surface area (Å²) in [6, 6.07) is 13.7. The fourth-order valence-corrected chi connectivity index (χ4v) is 5.78. The van der Waals surface area contributed by atoms with Gasteiger partial charge < -0.3 is 5.32 Å². The minimum Gasteiger partial charge on any atom is -0.313 e. The number of benzene rings is 1. The molecule has 0 aliphatic carbocycles. The van der Waals surface area contributed by atoms with Crippen molar-refractivity contribution in [1.82, 2.24) is 19.5 Å². The lowest BCUT2D eigenvalue weighted by molar-refractivity contribution is -0.109.